The lowest BCUT2D eigenvalue weighted by Gasteiger charge is -2.11. The van der Waals surface area contributed by atoms with Crippen LogP contribution in [0.15, 0.2) is 18.2 Å². The van der Waals surface area contributed by atoms with Crippen LogP contribution in [-0.2, 0) is 6.61 Å². The average Bonchev–Trinajstić information content (AvgIpc) is 2.70. The molecule has 14 heavy (non-hydrogen) atoms. The zero-order chi connectivity index (χ0) is 9.97. The van der Waals surface area contributed by atoms with E-state index in [0.717, 1.165) is 24.9 Å². The molecular weight excluding hydrogens is 181 g/mol. The van der Waals surface area contributed by atoms with Crippen LogP contribution in [0, 0.1) is 5.82 Å². The van der Waals surface area contributed by atoms with Gasteiger partial charge in [-0.2, -0.15) is 0 Å². The van der Waals surface area contributed by atoms with Crippen molar-refractivity contribution in [2.75, 3.05) is 6.54 Å². The number of benzene rings is 1. The summed E-state index contributed by atoms with van der Waals surface area (Å²) in [5.41, 5.74) is 1.35. The van der Waals surface area contributed by atoms with E-state index >= 15 is 0 Å². The molecule has 3 heteroatoms. The molecular formula is C11H14FNO. The van der Waals surface area contributed by atoms with Crippen molar-refractivity contribution in [1.82, 2.24) is 5.32 Å². The molecule has 1 fully saturated rings. The zero-order valence-electron chi connectivity index (χ0n) is 7.96. The number of aliphatic hydroxyl groups excluding tert-OH is 1. The monoisotopic (exact) mass is 195 g/mol. The highest BCUT2D eigenvalue weighted by molar-refractivity contribution is 5.26. The lowest BCUT2D eigenvalue weighted by molar-refractivity contribution is 0.275. The molecule has 1 aliphatic heterocycles. The molecule has 1 atom stereocenters. The Morgan fingerprint density at radius 3 is 2.93 bits per heavy atom. The van der Waals surface area contributed by atoms with E-state index in [0.29, 0.717) is 5.56 Å². The molecule has 0 unspecified atom stereocenters. The first kappa shape index (κ1) is 9.62. The van der Waals surface area contributed by atoms with E-state index in [1.165, 1.54) is 6.07 Å². The Kier molecular flexibility index (Phi) is 2.79. The van der Waals surface area contributed by atoms with Gasteiger partial charge in [-0.05, 0) is 31.0 Å². The smallest absolute Gasteiger partial charge is 0.129 e. The Labute approximate surface area is 82.8 Å². The molecule has 0 saturated carbocycles. The first-order valence-corrected chi connectivity index (χ1v) is 4.94. The number of nitrogens with one attached hydrogen (secondary N) is 1. The summed E-state index contributed by atoms with van der Waals surface area (Å²) in [6.07, 6.45) is 2.21. The highest BCUT2D eigenvalue weighted by atomic mass is 19.1. The lowest BCUT2D eigenvalue weighted by atomic mass is 10.0. The fourth-order valence-corrected chi connectivity index (χ4v) is 1.88. The molecule has 2 rings (SSSR count). The topological polar surface area (TPSA) is 32.3 Å². The van der Waals surface area contributed by atoms with Crippen LogP contribution in [0.5, 0.6) is 0 Å². The highest BCUT2D eigenvalue weighted by Crippen LogP contribution is 2.24. The third kappa shape index (κ3) is 1.79. The lowest BCUT2D eigenvalue weighted by Crippen LogP contribution is -2.13. The van der Waals surface area contributed by atoms with Crippen LogP contribution >= 0.6 is 0 Å². The van der Waals surface area contributed by atoms with E-state index in [1.807, 2.05) is 6.07 Å². The molecule has 1 aliphatic rings. The van der Waals surface area contributed by atoms with Crippen LogP contribution in [0.4, 0.5) is 4.39 Å². The summed E-state index contributed by atoms with van der Waals surface area (Å²) in [6, 6.07) is 5.36. The molecule has 2 N–H and O–H groups in total. The fraction of sp³-hybridized carbons (Fsp3) is 0.455. The van der Waals surface area contributed by atoms with Crippen molar-refractivity contribution in [3.63, 3.8) is 0 Å². The number of rotatable bonds is 2. The quantitative estimate of drug-likeness (QED) is 0.753. The summed E-state index contributed by atoms with van der Waals surface area (Å²) in [5.74, 6) is -0.307. The summed E-state index contributed by atoms with van der Waals surface area (Å²) in [4.78, 5) is 0. The van der Waals surface area contributed by atoms with Crippen LogP contribution in [0.1, 0.15) is 30.0 Å². The van der Waals surface area contributed by atoms with Gasteiger partial charge in [0.15, 0.2) is 0 Å². The molecule has 76 valence electrons. The van der Waals surface area contributed by atoms with Gasteiger partial charge in [0.1, 0.15) is 5.82 Å². The number of hydrogen-bond donors (Lipinski definition) is 2. The minimum atomic E-state index is -0.307. The molecule has 1 aromatic carbocycles. The van der Waals surface area contributed by atoms with E-state index in [4.69, 9.17) is 5.11 Å². The minimum Gasteiger partial charge on any atom is -0.392 e. The Bertz CT molecular complexity index is 321. The van der Waals surface area contributed by atoms with Gasteiger partial charge < -0.3 is 10.4 Å². The van der Waals surface area contributed by atoms with Gasteiger partial charge >= 0.3 is 0 Å². The summed E-state index contributed by atoms with van der Waals surface area (Å²) < 4.78 is 13.3. The predicted molar refractivity (Wildman–Crippen MR) is 52.3 cm³/mol. The van der Waals surface area contributed by atoms with Gasteiger partial charge in [-0.15, -0.1) is 0 Å². The first-order valence-electron chi connectivity index (χ1n) is 4.94. The second-order valence-electron chi connectivity index (χ2n) is 3.66. The number of halogens is 1. The predicted octanol–water partition coefficient (Wildman–Crippen LogP) is 1.74. The van der Waals surface area contributed by atoms with E-state index in [9.17, 15) is 4.39 Å². The maximum absolute atomic E-state index is 13.3. The summed E-state index contributed by atoms with van der Waals surface area (Å²) in [6.45, 7) is 0.776. The summed E-state index contributed by atoms with van der Waals surface area (Å²) >= 11 is 0. The van der Waals surface area contributed by atoms with Crippen molar-refractivity contribution < 1.29 is 9.50 Å². The SMILES string of the molecule is OCc1ccc([C@@H]2CCCN2)cc1F. The zero-order valence-corrected chi connectivity index (χ0v) is 7.96. The molecule has 0 aliphatic carbocycles. The minimum absolute atomic E-state index is 0.232. The maximum atomic E-state index is 13.3. The van der Waals surface area contributed by atoms with Gasteiger partial charge in [0.2, 0.25) is 0 Å². The molecule has 0 spiro atoms. The van der Waals surface area contributed by atoms with E-state index in [2.05, 4.69) is 5.32 Å². The highest BCUT2D eigenvalue weighted by Gasteiger charge is 2.16. The van der Waals surface area contributed by atoms with E-state index in [-0.39, 0.29) is 18.5 Å². The maximum Gasteiger partial charge on any atom is 0.129 e. The summed E-state index contributed by atoms with van der Waals surface area (Å²) in [5, 5.41) is 12.1. The fourth-order valence-electron chi connectivity index (χ4n) is 1.88. The molecule has 1 aromatic rings. The first-order chi connectivity index (χ1) is 6.81. The standard InChI is InChI=1S/C11H14FNO/c12-10-6-8(3-4-9(10)7-14)11-2-1-5-13-11/h3-4,6,11,13-14H,1-2,5,7H2/t11-/m0/s1. The largest absolute Gasteiger partial charge is 0.392 e. The van der Waals surface area contributed by atoms with Crippen LogP contribution < -0.4 is 5.32 Å². The van der Waals surface area contributed by atoms with E-state index in [1.54, 1.807) is 6.07 Å². The Morgan fingerprint density at radius 2 is 2.36 bits per heavy atom. The van der Waals surface area contributed by atoms with Gasteiger partial charge in [-0.3, -0.25) is 0 Å². The summed E-state index contributed by atoms with van der Waals surface area (Å²) in [7, 11) is 0. The molecule has 2 nitrogen and oxygen atoms in total. The van der Waals surface area contributed by atoms with Crippen molar-refractivity contribution in [2.45, 2.75) is 25.5 Å². The molecule has 0 radical (unpaired) electrons. The Balaban J connectivity index is 2.23. The van der Waals surface area contributed by atoms with Gasteiger partial charge in [0.05, 0.1) is 6.61 Å². The second-order valence-corrected chi connectivity index (χ2v) is 3.66. The molecule has 0 aromatic heterocycles. The van der Waals surface area contributed by atoms with Crippen molar-refractivity contribution in [3.8, 4) is 0 Å². The molecule has 1 saturated heterocycles. The van der Waals surface area contributed by atoms with Gasteiger partial charge in [-0.1, -0.05) is 12.1 Å². The van der Waals surface area contributed by atoms with Crippen LogP contribution in [0.25, 0.3) is 0 Å². The van der Waals surface area contributed by atoms with Crippen LogP contribution in [-0.4, -0.2) is 11.7 Å². The van der Waals surface area contributed by atoms with Crippen molar-refractivity contribution in [1.29, 1.82) is 0 Å². The van der Waals surface area contributed by atoms with Crippen molar-refractivity contribution in [2.24, 2.45) is 0 Å². The Morgan fingerprint density at radius 1 is 1.50 bits per heavy atom. The third-order valence-corrected chi connectivity index (χ3v) is 2.71. The van der Waals surface area contributed by atoms with E-state index < -0.39 is 0 Å². The molecule has 0 amide bonds. The van der Waals surface area contributed by atoms with Crippen molar-refractivity contribution >= 4 is 0 Å². The molecule has 1 heterocycles. The Hall–Kier alpha value is -0.930. The number of aliphatic hydroxyl groups is 1. The van der Waals surface area contributed by atoms with Crippen LogP contribution in [0.2, 0.25) is 0 Å². The van der Waals surface area contributed by atoms with Crippen molar-refractivity contribution in [3.05, 3.63) is 35.1 Å². The van der Waals surface area contributed by atoms with Gasteiger partial charge in [-0.25, -0.2) is 4.39 Å². The normalized spacial score (nSPS) is 21.4. The van der Waals surface area contributed by atoms with Crippen LogP contribution in [0.3, 0.4) is 0 Å². The molecule has 0 bridgehead atoms. The van der Waals surface area contributed by atoms with Gasteiger partial charge in [0, 0.05) is 11.6 Å². The second kappa shape index (κ2) is 4.07. The van der Waals surface area contributed by atoms with Gasteiger partial charge in [0.25, 0.3) is 0 Å². The average molecular weight is 195 g/mol. The number of hydrogen-bond acceptors (Lipinski definition) is 2. The third-order valence-electron chi connectivity index (χ3n) is 2.71.